The van der Waals surface area contributed by atoms with Crippen LogP contribution in [0, 0.1) is 5.82 Å². The standard InChI is InChI=1S/C24H30FN3.C4H8O2/c1-26-15-16-28-22-12-14-27(13-3-2-5-18-8-10-19(25)11-9-18)17-21(22)20-6-4-7-23(26)24(20)28;1-2-3-4(5)6/h4,6-11,21-22H,2-3,5,12-17H2,1H3;2-3H2,1H3,(H,5,6)/t21-,22-;/m0./s1. The maximum atomic E-state index is 13.0. The van der Waals surface area contributed by atoms with Crippen LogP contribution in [-0.2, 0) is 11.2 Å². The number of unbranched alkanes of at least 4 members (excludes halogenated alkanes) is 1. The number of hydrogen-bond donors (Lipinski definition) is 1. The molecule has 0 spiro atoms. The lowest BCUT2D eigenvalue weighted by Gasteiger charge is -2.41. The summed E-state index contributed by atoms with van der Waals surface area (Å²) in [6.07, 6.45) is 5.74. The number of carboxylic acids is 1. The van der Waals surface area contributed by atoms with Crippen molar-refractivity contribution in [2.75, 3.05) is 49.6 Å². The summed E-state index contributed by atoms with van der Waals surface area (Å²) in [7, 11) is 2.22. The van der Waals surface area contributed by atoms with Gasteiger partial charge in [-0.25, -0.2) is 4.39 Å². The van der Waals surface area contributed by atoms with Crippen molar-refractivity contribution in [3.8, 4) is 0 Å². The molecule has 2 atom stereocenters. The molecule has 1 saturated heterocycles. The molecule has 34 heavy (non-hydrogen) atoms. The Labute approximate surface area is 203 Å². The molecule has 0 bridgehead atoms. The smallest absolute Gasteiger partial charge is 0.303 e. The van der Waals surface area contributed by atoms with Crippen LogP contribution in [0.2, 0.25) is 0 Å². The van der Waals surface area contributed by atoms with E-state index in [4.69, 9.17) is 5.11 Å². The predicted molar refractivity (Wildman–Crippen MR) is 137 cm³/mol. The van der Waals surface area contributed by atoms with Gasteiger partial charge in [0.1, 0.15) is 5.82 Å². The van der Waals surface area contributed by atoms with Crippen molar-refractivity contribution < 1.29 is 14.3 Å². The number of carboxylic acid groups (broad SMARTS) is 1. The third-order valence-electron chi connectivity index (χ3n) is 7.45. The Morgan fingerprint density at radius 1 is 1.09 bits per heavy atom. The lowest BCUT2D eigenvalue weighted by Crippen LogP contribution is -2.49. The van der Waals surface area contributed by atoms with E-state index >= 15 is 0 Å². The van der Waals surface area contributed by atoms with Crippen molar-refractivity contribution in [1.82, 2.24) is 4.90 Å². The molecular formula is C28H38FN3O2. The van der Waals surface area contributed by atoms with Gasteiger partial charge in [-0.2, -0.15) is 0 Å². The molecule has 5 nitrogen and oxygen atoms in total. The molecule has 2 aromatic rings. The van der Waals surface area contributed by atoms with E-state index in [9.17, 15) is 9.18 Å². The summed E-state index contributed by atoms with van der Waals surface area (Å²) in [4.78, 5) is 17.4. The zero-order valence-electron chi connectivity index (χ0n) is 20.5. The Bertz CT molecular complexity index is 965. The number of benzene rings is 2. The first-order valence-corrected chi connectivity index (χ1v) is 12.8. The SMILES string of the molecule is CCCC(=O)O.CN1CCN2c3c(cccc31)[C@@H]1CN(CCCCc3ccc(F)cc3)CC[C@@H]12. The average Bonchev–Trinajstić information content (AvgIpc) is 3.15. The van der Waals surface area contributed by atoms with E-state index in [1.54, 1.807) is 17.7 Å². The number of likely N-dealkylation sites (tertiary alicyclic amines) is 1. The van der Waals surface area contributed by atoms with Gasteiger partial charge >= 0.3 is 5.97 Å². The summed E-state index contributed by atoms with van der Waals surface area (Å²) in [5.74, 6) is -0.194. The van der Waals surface area contributed by atoms with Gasteiger partial charge in [0, 0.05) is 51.6 Å². The van der Waals surface area contributed by atoms with E-state index in [0.29, 0.717) is 18.4 Å². The second-order valence-electron chi connectivity index (χ2n) is 9.82. The zero-order valence-corrected chi connectivity index (χ0v) is 20.5. The van der Waals surface area contributed by atoms with Crippen LogP contribution in [0.25, 0.3) is 0 Å². The molecule has 6 heteroatoms. The number of aliphatic carboxylic acids is 1. The van der Waals surface area contributed by atoms with Gasteiger partial charge < -0.3 is 19.8 Å². The van der Waals surface area contributed by atoms with Gasteiger partial charge in [0.15, 0.2) is 0 Å². The Hall–Kier alpha value is -2.60. The molecule has 1 fully saturated rings. The Kier molecular flexibility index (Phi) is 8.09. The minimum Gasteiger partial charge on any atom is -0.481 e. The lowest BCUT2D eigenvalue weighted by molar-refractivity contribution is -0.137. The van der Waals surface area contributed by atoms with Crippen LogP contribution in [0.15, 0.2) is 42.5 Å². The number of likely N-dealkylation sites (N-methyl/N-ethyl adjacent to an activating group) is 1. The number of piperidine rings is 1. The van der Waals surface area contributed by atoms with Crippen molar-refractivity contribution in [2.45, 2.75) is 57.4 Å². The van der Waals surface area contributed by atoms with Crippen molar-refractivity contribution in [1.29, 1.82) is 0 Å². The molecule has 0 unspecified atom stereocenters. The maximum absolute atomic E-state index is 13.0. The number of fused-ring (bicyclic) bond motifs is 3. The molecule has 0 radical (unpaired) electrons. The molecule has 0 amide bonds. The maximum Gasteiger partial charge on any atom is 0.303 e. The van der Waals surface area contributed by atoms with Crippen molar-refractivity contribution in [3.05, 3.63) is 59.4 Å². The predicted octanol–water partition coefficient (Wildman–Crippen LogP) is 5.15. The van der Waals surface area contributed by atoms with Gasteiger partial charge in [-0.3, -0.25) is 4.79 Å². The minimum absolute atomic E-state index is 0.143. The lowest BCUT2D eigenvalue weighted by atomic mass is 9.89. The van der Waals surface area contributed by atoms with Crippen LogP contribution in [0.4, 0.5) is 15.8 Å². The van der Waals surface area contributed by atoms with E-state index in [1.165, 1.54) is 62.4 Å². The highest BCUT2D eigenvalue weighted by molar-refractivity contribution is 5.80. The number of hydrogen-bond acceptors (Lipinski definition) is 4. The number of halogens is 1. The van der Waals surface area contributed by atoms with E-state index in [1.807, 2.05) is 19.1 Å². The van der Waals surface area contributed by atoms with E-state index in [2.05, 4.69) is 39.9 Å². The molecule has 2 aromatic carbocycles. The first-order valence-electron chi connectivity index (χ1n) is 12.8. The van der Waals surface area contributed by atoms with Crippen molar-refractivity contribution in [3.63, 3.8) is 0 Å². The first-order chi connectivity index (χ1) is 16.5. The summed E-state index contributed by atoms with van der Waals surface area (Å²) in [5.41, 5.74) is 5.76. The van der Waals surface area contributed by atoms with Gasteiger partial charge in [0.2, 0.25) is 0 Å². The van der Waals surface area contributed by atoms with Crippen molar-refractivity contribution in [2.24, 2.45) is 0 Å². The topological polar surface area (TPSA) is 47.0 Å². The average molecular weight is 468 g/mol. The van der Waals surface area contributed by atoms with Crippen LogP contribution in [0.3, 0.4) is 0 Å². The monoisotopic (exact) mass is 467 g/mol. The summed E-state index contributed by atoms with van der Waals surface area (Å²) in [6.45, 7) is 7.73. The quantitative estimate of drug-likeness (QED) is 0.571. The minimum atomic E-state index is -0.711. The number of rotatable bonds is 7. The molecular weight excluding hydrogens is 429 g/mol. The molecule has 3 aliphatic heterocycles. The number of aryl methyl sites for hydroxylation is 1. The fraction of sp³-hybridized carbons (Fsp3) is 0.536. The highest BCUT2D eigenvalue weighted by Crippen LogP contribution is 2.50. The summed E-state index contributed by atoms with van der Waals surface area (Å²) >= 11 is 0. The highest BCUT2D eigenvalue weighted by Gasteiger charge is 2.44. The second kappa shape index (κ2) is 11.2. The number of nitrogens with zero attached hydrogens (tertiary/aromatic N) is 3. The van der Waals surface area contributed by atoms with Gasteiger partial charge in [-0.05, 0) is 68.0 Å². The normalized spacial score (nSPS) is 20.9. The van der Waals surface area contributed by atoms with E-state index < -0.39 is 5.97 Å². The zero-order chi connectivity index (χ0) is 24.1. The summed E-state index contributed by atoms with van der Waals surface area (Å²) in [5, 5.41) is 7.91. The van der Waals surface area contributed by atoms with Crippen LogP contribution < -0.4 is 9.80 Å². The molecule has 3 heterocycles. The fourth-order valence-corrected chi connectivity index (χ4v) is 5.71. The van der Waals surface area contributed by atoms with Gasteiger partial charge in [-0.15, -0.1) is 0 Å². The molecule has 0 saturated carbocycles. The number of para-hydroxylation sites is 1. The Morgan fingerprint density at radius 2 is 1.88 bits per heavy atom. The van der Waals surface area contributed by atoms with Crippen LogP contribution in [0.5, 0.6) is 0 Å². The molecule has 0 aliphatic carbocycles. The fourth-order valence-electron chi connectivity index (χ4n) is 5.71. The summed E-state index contributed by atoms with van der Waals surface area (Å²) in [6, 6.07) is 14.6. The molecule has 5 rings (SSSR count). The van der Waals surface area contributed by atoms with Crippen molar-refractivity contribution >= 4 is 17.3 Å². The van der Waals surface area contributed by atoms with E-state index in [-0.39, 0.29) is 5.82 Å². The second-order valence-corrected chi connectivity index (χ2v) is 9.82. The molecule has 1 N–H and O–H groups in total. The van der Waals surface area contributed by atoms with Crippen LogP contribution in [-0.4, -0.2) is 61.8 Å². The molecule has 3 aliphatic rings. The number of carbonyl (C=O) groups is 1. The first kappa shape index (κ1) is 24.5. The van der Waals surface area contributed by atoms with Gasteiger partial charge in [-0.1, -0.05) is 31.2 Å². The van der Waals surface area contributed by atoms with E-state index in [0.717, 1.165) is 19.4 Å². The van der Waals surface area contributed by atoms with Crippen LogP contribution in [0.1, 0.15) is 56.1 Å². The highest BCUT2D eigenvalue weighted by atomic mass is 19.1. The Balaban J connectivity index is 0.000000408. The third-order valence-corrected chi connectivity index (χ3v) is 7.45. The van der Waals surface area contributed by atoms with Crippen LogP contribution >= 0.6 is 0 Å². The number of anilines is 2. The third kappa shape index (κ3) is 5.54. The molecule has 0 aromatic heterocycles. The largest absolute Gasteiger partial charge is 0.481 e. The van der Waals surface area contributed by atoms with Gasteiger partial charge in [0.05, 0.1) is 11.4 Å². The Morgan fingerprint density at radius 3 is 2.59 bits per heavy atom. The van der Waals surface area contributed by atoms with Gasteiger partial charge in [0.25, 0.3) is 0 Å². The summed E-state index contributed by atoms with van der Waals surface area (Å²) < 4.78 is 13.0. The molecule has 184 valence electrons.